The second-order valence-electron chi connectivity index (χ2n) is 4.70. The van der Waals surface area contributed by atoms with Crippen LogP contribution in [0, 0.1) is 5.92 Å². The molecule has 0 aromatic carbocycles. The highest BCUT2D eigenvalue weighted by atomic mass is 16.5. The summed E-state index contributed by atoms with van der Waals surface area (Å²) in [6.45, 7) is 10.9. The number of methoxy groups -OCH3 is 1. The lowest BCUT2D eigenvalue weighted by Crippen LogP contribution is -2.44. The van der Waals surface area contributed by atoms with Gasteiger partial charge < -0.3 is 15.0 Å². The van der Waals surface area contributed by atoms with Crippen molar-refractivity contribution in [1.29, 1.82) is 0 Å². The summed E-state index contributed by atoms with van der Waals surface area (Å²) in [5.74, 6) is 0.733. The monoisotopic (exact) mass is 230 g/mol. The van der Waals surface area contributed by atoms with E-state index in [1.807, 2.05) is 0 Å². The number of hydrogen-bond acceptors (Lipinski definition) is 3. The number of likely N-dealkylation sites (N-methyl/N-ethyl adjacent to an activating group) is 1. The van der Waals surface area contributed by atoms with E-state index in [4.69, 9.17) is 4.74 Å². The molecule has 0 aliphatic heterocycles. The van der Waals surface area contributed by atoms with E-state index >= 15 is 0 Å². The van der Waals surface area contributed by atoms with Gasteiger partial charge >= 0.3 is 0 Å². The first-order chi connectivity index (χ1) is 7.65. The third kappa shape index (κ3) is 7.20. The maximum atomic E-state index is 5.10. The van der Waals surface area contributed by atoms with Crippen molar-refractivity contribution in [2.24, 2.45) is 5.92 Å². The normalized spacial score (nSPS) is 15.4. The van der Waals surface area contributed by atoms with Gasteiger partial charge in [0.25, 0.3) is 0 Å². The number of rotatable bonds is 10. The zero-order valence-electron chi connectivity index (χ0n) is 11.8. The second-order valence-corrected chi connectivity index (χ2v) is 4.70. The van der Waals surface area contributed by atoms with Crippen molar-refractivity contribution >= 4 is 0 Å². The van der Waals surface area contributed by atoms with E-state index in [0.717, 1.165) is 32.2 Å². The van der Waals surface area contributed by atoms with Crippen molar-refractivity contribution in [3.05, 3.63) is 0 Å². The predicted molar refractivity (Wildman–Crippen MR) is 70.9 cm³/mol. The van der Waals surface area contributed by atoms with Gasteiger partial charge in [0.1, 0.15) is 0 Å². The van der Waals surface area contributed by atoms with E-state index < -0.39 is 0 Å². The first kappa shape index (κ1) is 15.9. The standard InChI is InChI=1S/C13H30N2O/c1-6-8-14-13(12(3)7-2)11-15(4)9-10-16-5/h12-14H,6-11H2,1-5H3. The Bertz CT molecular complexity index is 153. The lowest BCUT2D eigenvalue weighted by Gasteiger charge is -2.29. The third-order valence-electron chi connectivity index (χ3n) is 3.17. The van der Waals surface area contributed by atoms with Crippen LogP contribution >= 0.6 is 0 Å². The van der Waals surface area contributed by atoms with Gasteiger partial charge in [-0.15, -0.1) is 0 Å². The van der Waals surface area contributed by atoms with Crippen LogP contribution in [0.3, 0.4) is 0 Å². The Kier molecular flexibility index (Phi) is 9.99. The molecule has 0 amide bonds. The predicted octanol–water partition coefficient (Wildman–Crippen LogP) is 1.98. The van der Waals surface area contributed by atoms with E-state index in [9.17, 15) is 0 Å². The molecule has 0 aliphatic carbocycles. The largest absolute Gasteiger partial charge is 0.383 e. The van der Waals surface area contributed by atoms with Crippen LogP contribution in [-0.2, 0) is 4.74 Å². The van der Waals surface area contributed by atoms with E-state index in [0.29, 0.717) is 6.04 Å². The summed E-state index contributed by atoms with van der Waals surface area (Å²) < 4.78 is 5.10. The molecule has 98 valence electrons. The van der Waals surface area contributed by atoms with Crippen LogP contribution in [0.15, 0.2) is 0 Å². The summed E-state index contributed by atoms with van der Waals surface area (Å²) in [6, 6.07) is 0.604. The second kappa shape index (κ2) is 10.1. The Morgan fingerprint density at radius 1 is 1.31 bits per heavy atom. The SMILES string of the molecule is CCCNC(CN(C)CCOC)C(C)CC. The van der Waals surface area contributed by atoms with Gasteiger partial charge in [0.05, 0.1) is 6.61 Å². The highest BCUT2D eigenvalue weighted by Gasteiger charge is 2.16. The van der Waals surface area contributed by atoms with Crippen molar-refractivity contribution in [3.63, 3.8) is 0 Å². The molecule has 0 heterocycles. The molecule has 0 fully saturated rings. The van der Waals surface area contributed by atoms with Crippen LogP contribution in [0.1, 0.15) is 33.6 Å². The van der Waals surface area contributed by atoms with Crippen LogP contribution in [-0.4, -0.2) is 51.3 Å². The Balaban J connectivity index is 3.97. The van der Waals surface area contributed by atoms with Gasteiger partial charge in [-0.2, -0.15) is 0 Å². The molecule has 3 heteroatoms. The molecule has 16 heavy (non-hydrogen) atoms. The fraction of sp³-hybridized carbons (Fsp3) is 1.00. The topological polar surface area (TPSA) is 24.5 Å². The van der Waals surface area contributed by atoms with Crippen molar-refractivity contribution in [1.82, 2.24) is 10.2 Å². The molecule has 0 saturated carbocycles. The molecule has 1 N–H and O–H groups in total. The van der Waals surface area contributed by atoms with E-state index in [1.165, 1.54) is 12.8 Å². The smallest absolute Gasteiger partial charge is 0.0589 e. The molecule has 0 radical (unpaired) electrons. The van der Waals surface area contributed by atoms with Crippen molar-refractivity contribution in [2.45, 2.75) is 39.7 Å². The van der Waals surface area contributed by atoms with E-state index in [-0.39, 0.29) is 0 Å². The molecule has 0 saturated heterocycles. The molecule has 0 aliphatic rings. The third-order valence-corrected chi connectivity index (χ3v) is 3.17. The van der Waals surface area contributed by atoms with Gasteiger partial charge in [0.2, 0.25) is 0 Å². The highest BCUT2D eigenvalue weighted by Crippen LogP contribution is 2.08. The van der Waals surface area contributed by atoms with Crippen LogP contribution in [0.5, 0.6) is 0 Å². The maximum Gasteiger partial charge on any atom is 0.0589 e. The van der Waals surface area contributed by atoms with E-state index in [1.54, 1.807) is 7.11 Å². The molecule has 0 spiro atoms. The van der Waals surface area contributed by atoms with Crippen molar-refractivity contribution in [2.75, 3.05) is 40.4 Å². The average Bonchev–Trinajstić information content (AvgIpc) is 2.30. The molecule has 2 unspecified atom stereocenters. The Morgan fingerprint density at radius 3 is 2.50 bits per heavy atom. The minimum absolute atomic E-state index is 0.604. The summed E-state index contributed by atoms with van der Waals surface area (Å²) >= 11 is 0. The molecular weight excluding hydrogens is 200 g/mol. The fourth-order valence-corrected chi connectivity index (χ4v) is 1.73. The summed E-state index contributed by atoms with van der Waals surface area (Å²) in [5, 5.41) is 3.64. The van der Waals surface area contributed by atoms with E-state index in [2.05, 4.69) is 38.0 Å². The van der Waals surface area contributed by atoms with Gasteiger partial charge in [-0.25, -0.2) is 0 Å². The summed E-state index contributed by atoms with van der Waals surface area (Å²) in [6.07, 6.45) is 2.44. The van der Waals surface area contributed by atoms with Crippen LogP contribution in [0.25, 0.3) is 0 Å². The maximum absolute atomic E-state index is 5.10. The minimum Gasteiger partial charge on any atom is -0.383 e. The summed E-state index contributed by atoms with van der Waals surface area (Å²) in [4.78, 5) is 2.35. The minimum atomic E-state index is 0.604. The first-order valence-corrected chi connectivity index (χ1v) is 6.56. The highest BCUT2D eigenvalue weighted by molar-refractivity contribution is 4.75. The lowest BCUT2D eigenvalue weighted by atomic mass is 9.98. The average molecular weight is 230 g/mol. The Labute approximate surface area is 102 Å². The zero-order chi connectivity index (χ0) is 12.4. The first-order valence-electron chi connectivity index (χ1n) is 6.56. The Hall–Kier alpha value is -0.120. The van der Waals surface area contributed by atoms with Crippen LogP contribution < -0.4 is 5.32 Å². The van der Waals surface area contributed by atoms with Crippen molar-refractivity contribution < 1.29 is 4.74 Å². The molecule has 0 rings (SSSR count). The lowest BCUT2D eigenvalue weighted by molar-refractivity contribution is 0.149. The summed E-state index contributed by atoms with van der Waals surface area (Å²) in [5.41, 5.74) is 0. The molecule has 3 nitrogen and oxygen atoms in total. The number of nitrogens with zero attached hydrogens (tertiary/aromatic N) is 1. The Morgan fingerprint density at radius 2 is 2.00 bits per heavy atom. The quantitative estimate of drug-likeness (QED) is 0.621. The van der Waals surface area contributed by atoms with Gasteiger partial charge in [-0.3, -0.25) is 0 Å². The van der Waals surface area contributed by atoms with Gasteiger partial charge in [0.15, 0.2) is 0 Å². The molecule has 2 atom stereocenters. The molecular formula is C13H30N2O. The number of nitrogens with one attached hydrogen (secondary N) is 1. The zero-order valence-corrected chi connectivity index (χ0v) is 11.8. The van der Waals surface area contributed by atoms with Gasteiger partial charge in [-0.1, -0.05) is 27.2 Å². The van der Waals surface area contributed by atoms with Crippen molar-refractivity contribution in [3.8, 4) is 0 Å². The fourth-order valence-electron chi connectivity index (χ4n) is 1.73. The van der Waals surface area contributed by atoms with Gasteiger partial charge in [0, 0.05) is 26.2 Å². The molecule has 0 bridgehead atoms. The van der Waals surface area contributed by atoms with Crippen LogP contribution in [0.2, 0.25) is 0 Å². The molecule has 0 aromatic heterocycles. The number of hydrogen-bond donors (Lipinski definition) is 1. The summed E-state index contributed by atoms with van der Waals surface area (Å²) in [7, 11) is 3.93. The number of ether oxygens (including phenoxy) is 1. The van der Waals surface area contributed by atoms with Crippen LogP contribution in [0.4, 0.5) is 0 Å². The molecule has 0 aromatic rings. The van der Waals surface area contributed by atoms with Gasteiger partial charge in [-0.05, 0) is 25.9 Å².